The summed E-state index contributed by atoms with van der Waals surface area (Å²) in [6, 6.07) is 7.89. The van der Waals surface area contributed by atoms with Crippen molar-refractivity contribution < 1.29 is 9.47 Å². The minimum absolute atomic E-state index is 0.670. The van der Waals surface area contributed by atoms with Gasteiger partial charge in [-0.3, -0.25) is 0 Å². The van der Waals surface area contributed by atoms with Crippen molar-refractivity contribution in [2.24, 2.45) is 0 Å². The van der Waals surface area contributed by atoms with E-state index in [1.165, 1.54) is 26.1 Å². The van der Waals surface area contributed by atoms with E-state index in [-0.39, 0.29) is 0 Å². The van der Waals surface area contributed by atoms with Crippen molar-refractivity contribution in [2.75, 3.05) is 45.9 Å². The summed E-state index contributed by atoms with van der Waals surface area (Å²) in [4.78, 5) is 2.52. The summed E-state index contributed by atoms with van der Waals surface area (Å²) in [5.74, 6) is 1.70. The van der Waals surface area contributed by atoms with Crippen molar-refractivity contribution in [1.29, 1.82) is 0 Å². The highest BCUT2D eigenvalue weighted by molar-refractivity contribution is 5.39. The van der Waals surface area contributed by atoms with Crippen LogP contribution < -0.4 is 14.8 Å². The average molecular weight is 278 g/mol. The normalized spacial score (nSPS) is 16.1. The number of hydrogen-bond donors (Lipinski definition) is 1. The fourth-order valence-corrected chi connectivity index (χ4v) is 2.40. The van der Waals surface area contributed by atoms with Crippen LogP contribution in [-0.4, -0.2) is 50.8 Å². The van der Waals surface area contributed by atoms with Crippen LogP contribution in [-0.2, 0) is 0 Å². The molecule has 20 heavy (non-hydrogen) atoms. The van der Waals surface area contributed by atoms with Gasteiger partial charge in [0, 0.05) is 26.2 Å². The van der Waals surface area contributed by atoms with Gasteiger partial charge in [0.25, 0.3) is 0 Å². The molecule has 0 bridgehead atoms. The van der Waals surface area contributed by atoms with E-state index in [4.69, 9.17) is 9.47 Å². The zero-order chi connectivity index (χ0) is 14.0. The first-order valence-corrected chi connectivity index (χ1v) is 7.68. The molecule has 112 valence electrons. The van der Waals surface area contributed by atoms with Crippen LogP contribution in [0, 0.1) is 0 Å². The van der Waals surface area contributed by atoms with E-state index in [2.05, 4.69) is 10.2 Å². The van der Waals surface area contributed by atoms with Crippen molar-refractivity contribution in [3.05, 3.63) is 24.3 Å². The van der Waals surface area contributed by atoms with Crippen molar-refractivity contribution in [2.45, 2.75) is 19.8 Å². The van der Waals surface area contributed by atoms with Gasteiger partial charge in [0.05, 0.1) is 13.2 Å². The van der Waals surface area contributed by atoms with Gasteiger partial charge in [-0.15, -0.1) is 0 Å². The Hall–Kier alpha value is -1.26. The largest absolute Gasteiger partial charge is 0.490 e. The molecule has 0 spiro atoms. The fourth-order valence-electron chi connectivity index (χ4n) is 2.40. The predicted molar refractivity (Wildman–Crippen MR) is 81.6 cm³/mol. The van der Waals surface area contributed by atoms with E-state index in [1.807, 2.05) is 31.2 Å². The maximum Gasteiger partial charge on any atom is 0.161 e. The lowest BCUT2D eigenvalue weighted by atomic mass is 10.2. The van der Waals surface area contributed by atoms with E-state index in [9.17, 15) is 0 Å². The molecular weight excluding hydrogens is 252 g/mol. The zero-order valence-corrected chi connectivity index (χ0v) is 12.4. The lowest BCUT2D eigenvalue weighted by molar-refractivity contribution is 0.223. The molecule has 1 heterocycles. The van der Waals surface area contributed by atoms with Gasteiger partial charge in [0.1, 0.15) is 0 Å². The minimum atomic E-state index is 0.670. The summed E-state index contributed by atoms with van der Waals surface area (Å²) < 4.78 is 11.4. The summed E-state index contributed by atoms with van der Waals surface area (Å²) in [5, 5.41) is 3.38. The Morgan fingerprint density at radius 1 is 1.05 bits per heavy atom. The summed E-state index contributed by atoms with van der Waals surface area (Å²) >= 11 is 0. The Morgan fingerprint density at radius 3 is 2.45 bits per heavy atom. The second-order valence-electron chi connectivity index (χ2n) is 5.03. The van der Waals surface area contributed by atoms with Crippen molar-refractivity contribution in [3.8, 4) is 11.5 Å². The molecule has 0 aromatic heterocycles. The van der Waals surface area contributed by atoms with Crippen LogP contribution >= 0.6 is 0 Å². The van der Waals surface area contributed by atoms with E-state index in [0.29, 0.717) is 6.61 Å². The van der Waals surface area contributed by atoms with Gasteiger partial charge in [-0.2, -0.15) is 0 Å². The van der Waals surface area contributed by atoms with Crippen LogP contribution in [0.25, 0.3) is 0 Å². The second kappa shape index (κ2) is 8.82. The molecular formula is C16H26N2O2. The van der Waals surface area contributed by atoms with Crippen LogP contribution in [0.2, 0.25) is 0 Å². The number of unbranched alkanes of at least 4 members (excludes halogenated alkanes) is 1. The third kappa shape index (κ3) is 5.02. The lowest BCUT2D eigenvalue weighted by Crippen LogP contribution is -2.43. The van der Waals surface area contributed by atoms with Crippen LogP contribution in [0.1, 0.15) is 19.8 Å². The van der Waals surface area contributed by atoms with Gasteiger partial charge in [0.2, 0.25) is 0 Å². The molecule has 1 aliphatic rings. The minimum Gasteiger partial charge on any atom is -0.490 e. The molecule has 1 N–H and O–H groups in total. The van der Waals surface area contributed by atoms with E-state index < -0.39 is 0 Å². The standard InChI is InChI=1S/C16H26N2O2/c1-2-19-15-7-3-4-8-16(15)20-14-6-5-11-18-12-9-17-10-13-18/h3-4,7-8,17H,2,5-6,9-14H2,1H3. The number of piperazine rings is 1. The van der Waals surface area contributed by atoms with Gasteiger partial charge in [-0.05, 0) is 38.4 Å². The molecule has 0 amide bonds. The number of benzene rings is 1. The lowest BCUT2D eigenvalue weighted by Gasteiger charge is -2.27. The summed E-state index contributed by atoms with van der Waals surface area (Å²) in [7, 11) is 0. The van der Waals surface area contributed by atoms with Gasteiger partial charge < -0.3 is 19.7 Å². The molecule has 4 nitrogen and oxygen atoms in total. The highest BCUT2D eigenvalue weighted by Crippen LogP contribution is 2.26. The molecule has 1 aromatic rings. The van der Waals surface area contributed by atoms with Gasteiger partial charge in [-0.25, -0.2) is 0 Å². The quantitative estimate of drug-likeness (QED) is 0.739. The smallest absolute Gasteiger partial charge is 0.161 e. The van der Waals surface area contributed by atoms with Crippen molar-refractivity contribution in [3.63, 3.8) is 0 Å². The number of nitrogens with zero attached hydrogens (tertiary/aromatic N) is 1. The molecule has 2 rings (SSSR count). The molecule has 1 aromatic carbocycles. The van der Waals surface area contributed by atoms with E-state index >= 15 is 0 Å². The Balaban J connectivity index is 1.63. The first kappa shape index (κ1) is 15.1. The van der Waals surface area contributed by atoms with E-state index in [0.717, 1.165) is 37.6 Å². The maximum atomic E-state index is 5.82. The zero-order valence-electron chi connectivity index (χ0n) is 12.4. The van der Waals surface area contributed by atoms with Crippen LogP contribution in [0.5, 0.6) is 11.5 Å². The highest BCUT2D eigenvalue weighted by Gasteiger charge is 2.08. The Bertz CT molecular complexity index is 378. The van der Waals surface area contributed by atoms with Gasteiger partial charge in [-0.1, -0.05) is 12.1 Å². The predicted octanol–water partition coefficient (Wildman–Crippen LogP) is 2.15. The third-order valence-electron chi connectivity index (χ3n) is 3.48. The SMILES string of the molecule is CCOc1ccccc1OCCCCN1CCNCC1. The van der Waals surface area contributed by atoms with Gasteiger partial charge >= 0.3 is 0 Å². The molecule has 0 aliphatic carbocycles. The van der Waals surface area contributed by atoms with Crippen LogP contribution in [0.15, 0.2) is 24.3 Å². The second-order valence-corrected chi connectivity index (χ2v) is 5.03. The Morgan fingerprint density at radius 2 is 1.75 bits per heavy atom. The number of para-hydroxylation sites is 2. The topological polar surface area (TPSA) is 33.7 Å². The first-order chi connectivity index (χ1) is 9.90. The first-order valence-electron chi connectivity index (χ1n) is 7.68. The maximum absolute atomic E-state index is 5.82. The summed E-state index contributed by atoms with van der Waals surface area (Å²) in [6.45, 7) is 9.19. The molecule has 0 atom stereocenters. The van der Waals surface area contributed by atoms with Crippen LogP contribution in [0.3, 0.4) is 0 Å². The summed E-state index contributed by atoms with van der Waals surface area (Å²) in [5.41, 5.74) is 0. The number of rotatable bonds is 8. The fraction of sp³-hybridized carbons (Fsp3) is 0.625. The molecule has 0 unspecified atom stereocenters. The molecule has 4 heteroatoms. The molecule has 0 saturated carbocycles. The number of hydrogen-bond acceptors (Lipinski definition) is 4. The monoisotopic (exact) mass is 278 g/mol. The average Bonchev–Trinajstić information content (AvgIpc) is 2.50. The number of nitrogens with one attached hydrogen (secondary N) is 1. The number of ether oxygens (including phenoxy) is 2. The van der Waals surface area contributed by atoms with Crippen molar-refractivity contribution >= 4 is 0 Å². The highest BCUT2D eigenvalue weighted by atomic mass is 16.5. The molecule has 0 radical (unpaired) electrons. The summed E-state index contributed by atoms with van der Waals surface area (Å²) in [6.07, 6.45) is 2.28. The van der Waals surface area contributed by atoms with Crippen molar-refractivity contribution in [1.82, 2.24) is 10.2 Å². The molecule has 1 saturated heterocycles. The third-order valence-corrected chi connectivity index (χ3v) is 3.48. The Kier molecular flexibility index (Phi) is 6.68. The van der Waals surface area contributed by atoms with Gasteiger partial charge in [0.15, 0.2) is 11.5 Å². The van der Waals surface area contributed by atoms with E-state index in [1.54, 1.807) is 0 Å². The Labute approximate surface area is 122 Å². The molecule has 1 aliphatic heterocycles. The van der Waals surface area contributed by atoms with Crippen LogP contribution in [0.4, 0.5) is 0 Å². The molecule has 1 fully saturated rings.